The lowest BCUT2D eigenvalue weighted by Crippen LogP contribution is -1.83. The molecule has 0 amide bonds. The van der Waals surface area contributed by atoms with Gasteiger partial charge in [0.25, 0.3) is 0 Å². The lowest BCUT2D eigenvalue weighted by Gasteiger charge is -2.02. The van der Waals surface area contributed by atoms with Crippen molar-refractivity contribution in [1.82, 2.24) is 9.97 Å². The molecular formula is C15H12BrClN2S. The van der Waals surface area contributed by atoms with Crippen LogP contribution in [-0.2, 0) is 5.75 Å². The lowest BCUT2D eigenvalue weighted by molar-refractivity contribution is 1.08. The van der Waals surface area contributed by atoms with Crippen molar-refractivity contribution < 1.29 is 0 Å². The smallest absolute Gasteiger partial charge is 0.166 e. The highest BCUT2D eigenvalue weighted by Crippen LogP contribution is 2.28. The molecule has 3 aromatic rings. The number of benzene rings is 2. The Morgan fingerprint density at radius 3 is 2.90 bits per heavy atom. The maximum absolute atomic E-state index is 6.22. The number of aromatic amines is 1. The van der Waals surface area contributed by atoms with Crippen molar-refractivity contribution in [3.63, 3.8) is 0 Å². The second-order valence-corrected chi connectivity index (χ2v) is 6.87. The van der Waals surface area contributed by atoms with E-state index in [1.807, 2.05) is 24.3 Å². The summed E-state index contributed by atoms with van der Waals surface area (Å²) in [6.07, 6.45) is 0. The second kappa shape index (κ2) is 5.80. The highest BCUT2D eigenvalue weighted by molar-refractivity contribution is 9.10. The first-order chi connectivity index (χ1) is 9.61. The molecule has 0 unspecified atom stereocenters. The van der Waals surface area contributed by atoms with E-state index in [-0.39, 0.29) is 0 Å². The molecule has 1 N–H and O–H groups in total. The molecule has 0 saturated heterocycles. The first kappa shape index (κ1) is 14.0. The Kier molecular flexibility index (Phi) is 4.06. The Balaban J connectivity index is 1.79. The molecule has 0 aliphatic carbocycles. The van der Waals surface area contributed by atoms with Crippen molar-refractivity contribution >= 4 is 50.3 Å². The summed E-state index contributed by atoms with van der Waals surface area (Å²) in [5, 5.41) is 1.70. The summed E-state index contributed by atoms with van der Waals surface area (Å²) in [6, 6.07) is 12.2. The van der Waals surface area contributed by atoms with Gasteiger partial charge in [0.15, 0.2) is 5.16 Å². The van der Waals surface area contributed by atoms with Crippen molar-refractivity contribution in [2.45, 2.75) is 17.8 Å². The quantitative estimate of drug-likeness (QED) is 0.612. The zero-order valence-electron chi connectivity index (χ0n) is 10.8. The van der Waals surface area contributed by atoms with Gasteiger partial charge in [0, 0.05) is 15.2 Å². The number of hydrogen-bond donors (Lipinski definition) is 1. The van der Waals surface area contributed by atoms with Crippen LogP contribution in [-0.4, -0.2) is 9.97 Å². The number of imidazole rings is 1. The van der Waals surface area contributed by atoms with Gasteiger partial charge in [0.2, 0.25) is 0 Å². The fourth-order valence-corrected chi connectivity index (χ4v) is 3.66. The topological polar surface area (TPSA) is 28.7 Å². The van der Waals surface area contributed by atoms with Gasteiger partial charge in [-0.15, -0.1) is 0 Å². The number of H-pyrrole nitrogens is 1. The van der Waals surface area contributed by atoms with Gasteiger partial charge >= 0.3 is 0 Å². The van der Waals surface area contributed by atoms with Gasteiger partial charge in [-0.25, -0.2) is 4.98 Å². The molecule has 1 aromatic heterocycles. The highest BCUT2D eigenvalue weighted by Gasteiger charge is 2.06. The normalized spacial score (nSPS) is 11.2. The maximum Gasteiger partial charge on any atom is 0.166 e. The number of nitrogens with zero attached hydrogens (tertiary/aromatic N) is 1. The van der Waals surface area contributed by atoms with E-state index in [2.05, 4.69) is 45.0 Å². The molecule has 0 bridgehead atoms. The van der Waals surface area contributed by atoms with Crippen molar-refractivity contribution in [3.8, 4) is 0 Å². The predicted molar refractivity (Wildman–Crippen MR) is 89.5 cm³/mol. The zero-order chi connectivity index (χ0) is 14.1. The lowest BCUT2D eigenvalue weighted by atomic mass is 10.2. The minimum atomic E-state index is 0.777. The molecule has 0 saturated carbocycles. The van der Waals surface area contributed by atoms with Crippen LogP contribution in [0.25, 0.3) is 11.0 Å². The average Bonchev–Trinajstić information content (AvgIpc) is 2.79. The summed E-state index contributed by atoms with van der Waals surface area (Å²) in [4.78, 5) is 7.91. The molecule has 2 aromatic carbocycles. The predicted octanol–water partition coefficient (Wildman–Crippen LogP) is 5.58. The molecule has 0 fully saturated rings. The summed E-state index contributed by atoms with van der Waals surface area (Å²) in [7, 11) is 0. The molecule has 0 spiro atoms. The third-order valence-electron chi connectivity index (χ3n) is 3.00. The van der Waals surface area contributed by atoms with Gasteiger partial charge in [-0.2, -0.15) is 0 Å². The molecule has 20 heavy (non-hydrogen) atoms. The van der Waals surface area contributed by atoms with E-state index in [1.165, 1.54) is 5.56 Å². The molecule has 1 heterocycles. The molecule has 3 rings (SSSR count). The number of fused-ring (bicyclic) bond motifs is 1. The summed E-state index contributed by atoms with van der Waals surface area (Å²) in [5.41, 5.74) is 4.42. The van der Waals surface area contributed by atoms with Gasteiger partial charge in [-0.3, -0.25) is 0 Å². The van der Waals surface area contributed by atoms with Crippen LogP contribution in [0.3, 0.4) is 0 Å². The Labute approximate surface area is 135 Å². The Hall–Kier alpha value is -0.970. The number of hydrogen-bond acceptors (Lipinski definition) is 2. The molecule has 0 radical (unpaired) electrons. The van der Waals surface area contributed by atoms with Gasteiger partial charge < -0.3 is 4.98 Å². The molecule has 102 valence electrons. The molecule has 5 heteroatoms. The third-order valence-corrected chi connectivity index (χ3v) is 4.76. The number of aromatic nitrogens is 2. The standard InChI is InChI=1S/C15H12BrClN2S/c1-9-2-5-13-14(6-9)19-15(18-13)20-8-10-3-4-11(16)7-12(10)17/h2-7H,8H2,1H3,(H,18,19). The third kappa shape index (κ3) is 3.03. The fourth-order valence-electron chi connectivity index (χ4n) is 1.95. The number of halogens is 2. The number of rotatable bonds is 3. The number of aryl methyl sites for hydroxylation is 1. The SMILES string of the molecule is Cc1ccc2nc(SCc3ccc(Br)cc3Cl)[nH]c2c1. The van der Waals surface area contributed by atoms with Crippen molar-refractivity contribution in [2.75, 3.05) is 0 Å². The van der Waals surface area contributed by atoms with Crippen LogP contribution in [0.2, 0.25) is 5.02 Å². The monoisotopic (exact) mass is 366 g/mol. The van der Waals surface area contributed by atoms with Crippen molar-refractivity contribution in [2.24, 2.45) is 0 Å². The highest BCUT2D eigenvalue weighted by atomic mass is 79.9. The van der Waals surface area contributed by atoms with Gasteiger partial charge in [0.05, 0.1) is 11.0 Å². The van der Waals surface area contributed by atoms with Crippen LogP contribution in [0.4, 0.5) is 0 Å². The molecule has 0 aliphatic heterocycles. The summed E-state index contributed by atoms with van der Waals surface area (Å²) in [5.74, 6) is 0.797. The van der Waals surface area contributed by atoms with Crippen LogP contribution < -0.4 is 0 Å². The van der Waals surface area contributed by atoms with Crippen LogP contribution >= 0.6 is 39.3 Å². The fraction of sp³-hybridized carbons (Fsp3) is 0.133. The van der Waals surface area contributed by atoms with E-state index in [0.717, 1.165) is 37.0 Å². The molecule has 2 nitrogen and oxygen atoms in total. The van der Waals surface area contributed by atoms with E-state index in [9.17, 15) is 0 Å². The van der Waals surface area contributed by atoms with Gasteiger partial charge in [-0.05, 0) is 42.3 Å². The summed E-state index contributed by atoms with van der Waals surface area (Å²) >= 11 is 11.3. The van der Waals surface area contributed by atoms with Gasteiger partial charge in [0.1, 0.15) is 0 Å². The van der Waals surface area contributed by atoms with E-state index < -0.39 is 0 Å². The molecular weight excluding hydrogens is 356 g/mol. The Bertz CT molecular complexity index is 770. The van der Waals surface area contributed by atoms with Crippen LogP contribution in [0.5, 0.6) is 0 Å². The van der Waals surface area contributed by atoms with Crippen molar-refractivity contribution in [1.29, 1.82) is 0 Å². The number of thioether (sulfide) groups is 1. The minimum Gasteiger partial charge on any atom is -0.333 e. The molecule has 0 atom stereocenters. The van der Waals surface area contributed by atoms with Crippen LogP contribution in [0.15, 0.2) is 46.0 Å². The van der Waals surface area contributed by atoms with E-state index >= 15 is 0 Å². The average molecular weight is 368 g/mol. The van der Waals surface area contributed by atoms with E-state index in [1.54, 1.807) is 11.8 Å². The maximum atomic E-state index is 6.22. The van der Waals surface area contributed by atoms with Crippen LogP contribution in [0, 0.1) is 6.92 Å². The second-order valence-electron chi connectivity index (χ2n) is 4.59. The van der Waals surface area contributed by atoms with E-state index in [0.29, 0.717) is 0 Å². The Morgan fingerprint density at radius 2 is 2.10 bits per heavy atom. The van der Waals surface area contributed by atoms with E-state index in [4.69, 9.17) is 11.6 Å². The van der Waals surface area contributed by atoms with Gasteiger partial charge in [-0.1, -0.05) is 51.4 Å². The minimum absolute atomic E-state index is 0.777. The first-order valence-electron chi connectivity index (χ1n) is 6.15. The summed E-state index contributed by atoms with van der Waals surface area (Å²) < 4.78 is 0.996. The van der Waals surface area contributed by atoms with Crippen molar-refractivity contribution in [3.05, 3.63) is 57.0 Å². The molecule has 0 aliphatic rings. The first-order valence-corrected chi connectivity index (χ1v) is 8.30. The Morgan fingerprint density at radius 1 is 1.25 bits per heavy atom. The van der Waals surface area contributed by atoms with Crippen LogP contribution in [0.1, 0.15) is 11.1 Å². The summed E-state index contributed by atoms with van der Waals surface area (Å²) in [6.45, 7) is 2.08. The largest absolute Gasteiger partial charge is 0.333 e. The number of nitrogens with one attached hydrogen (secondary N) is 1. The zero-order valence-corrected chi connectivity index (χ0v) is 13.9.